The molecule has 2 heterocycles. The number of thiophene rings is 1. The van der Waals surface area contributed by atoms with Gasteiger partial charge in [-0.2, -0.15) is 0 Å². The number of fused-ring (bicyclic) bond motifs is 6. The molecule has 240 valence electrons. The van der Waals surface area contributed by atoms with Crippen LogP contribution in [-0.4, -0.2) is 9.97 Å². The van der Waals surface area contributed by atoms with Crippen molar-refractivity contribution in [2.24, 2.45) is 0 Å². The van der Waals surface area contributed by atoms with Crippen molar-refractivity contribution in [3.05, 3.63) is 193 Å². The van der Waals surface area contributed by atoms with Gasteiger partial charge in [-0.3, -0.25) is 0 Å². The van der Waals surface area contributed by atoms with Crippen LogP contribution in [0.25, 0.3) is 76.3 Å². The van der Waals surface area contributed by atoms with Crippen LogP contribution in [0.5, 0.6) is 0 Å². The topological polar surface area (TPSA) is 25.8 Å². The van der Waals surface area contributed by atoms with Gasteiger partial charge in [0.15, 0.2) is 5.82 Å². The maximum absolute atomic E-state index is 5.33. The van der Waals surface area contributed by atoms with Gasteiger partial charge < -0.3 is 0 Å². The van der Waals surface area contributed by atoms with E-state index in [1.807, 2.05) is 17.4 Å². The van der Waals surface area contributed by atoms with E-state index in [0.29, 0.717) is 5.82 Å². The maximum Gasteiger partial charge on any atom is 0.160 e. The first-order valence-electron chi connectivity index (χ1n) is 17.4. The summed E-state index contributed by atoms with van der Waals surface area (Å²) < 4.78 is 2.63. The predicted molar refractivity (Wildman–Crippen MR) is 214 cm³/mol. The van der Waals surface area contributed by atoms with Crippen molar-refractivity contribution in [3.8, 4) is 56.2 Å². The first-order chi connectivity index (χ1) is 25.1. The molecule has 0 saturated heterocycles. The molecule has 1 aliphatic rings. The Bertz CT molecular complexity index is 2760. The molecule has 10 rings (SSSR count). The molecule has 0 saturated carbocycles. The fourth-order valence-electron chi connectivity index (χ4n) is 8.10. The fourth-order valence-corrected chi connectivity index (χ4v) is 9.19. The molecule has 2 aromatic heterocycles. The third-order valence-corrected chi connectivity index (χ3v) is 11.7. The molecular weight excluding hydrogens is 637 g/mol. The lowest BCUT2D eigenvalue weighted by Gasteiger charge is -2.30. The summed E-state index contributed by atoms with van der Waals surface area (Å²) in [6, 6.07) is 63.3. The largest absolute Gasteiger partial charge is 0.228 e. The van der Waals surface area contributed by atoms with Gasteiger partial charge in [-0.25, -0.2) is 9.97 Å². The van der Waals surface area contributed by atoms with Gasteiger partial charge in [0, 0.05) is 42.3 Å². The number of hydrogen-bond acceptors (Lipinski definition) is 3. The zero-order valence-electron chi connectivity index (χ0n) is 28.0. The van der Waals surface area contributed by atoms with Gasteiger partial charge >= 0.3 is 0 Å². The Morgan fingerprint density at radius 1 is 0.431 bits per heavy atom. The molecule has 7 aromatic carbocycles. The molecule has 1 aliphatic carbocycles. The molecule has 0 fully saturated rings. The lowest BCUT2D eigenvalue weighted by molar-refractivity contribution is 0.715. The van der Waals surface area contributed by atoms with Gasteiger partial charge in [0.2, 0.25) is 0 Å². The van der Waals surface area contributed by atoms with Crippen LogP contribution in [-0.2, 0) is 5.41 Å². The Balaban J connectivity index is 1.17. The summed E-state index contributed by atoms with van der Waals surface area (Å²) in [6.07, 6.45) is 0. The molecule has 1 unspecified atom stereocenters. The van der Waals surface area contributed by atoms with E-state index in [0.717, 1.165) is 28.1 Å². The molecule has 0 N–H and O–H groups in total. The monoisotopic (exact) mass is 668 g/mol. The van der Waals surface area contributed by atoms with Crippen LogP contribution in [0.3, 0.4) is 0 Å². The minimum Gasteiger partial charge on any atom is -0.228 e. The van der Waals surface area contributed by atoms with E-state index in [4.69, 9.17) is 9.97 Å². The molecule has 0 amide bonds. The van der Waals surface area contributed by atoms with Crippen LogP contribution in [0.15, 0.2) is 176 Å². The van der Waals surface area contributed by atoms with Crippen LogP contribution in [0.4, 0.5) is 0 Å². The number of benzene rings is 7. The molecule has 0 radical (unpaired) electrons. The van der Waals surface area contributed by atoms with Gasteiger partial charge in [-0.05, 0) is 76.2 Å². The molecule has 51 heavy (non-hydrogen) atoms. The summed E-state index contributed by atoms with van der Waals surface area (Å²) >= 11 is 1.85. The maximum atomic E-state index is 5.33. The zero-order chi connectivity index (χ0) is 33.9. The standard InChI is InChI=1S/C48H32N2S/c1-48(35-18-6-3-7-19-35)41-24-10-8-20-36(41)38-22-13-23-39(46(38)48)43-30-42(49-47(50-43)31-14-4-2-5-15-31)34-17-12-16-32(28-34)33-26-27-45-40(29-33)37-21-9-11-25-44(37)51-45/h2-30H,1H3. The van der Waals surface area contributed by atoms with Gasteiger partial charge in [0.05, 0.1) is 11.4 Å². The highest BCUT2D eigenvalue weighted by molar-refractivity contribution is 7.25. The first kappa shape index (κ1) is 29.7. The van der Waals surface area contributed by atoms with Crippen molar-refractivity contribution >= 4 is 31.5 Å². The van der Waals surface area contributed by atoms with Crippen LogP contribution < -0.4 is 0 Å². The number of nitrogens with zero attached hydrogens (tertiary/aromatic N) is 2. The highest BCUT2D eigenvalue weighted by atomic mass is 32.1. The first-order valence-corrected chi connectivity index (χ1v) is 18.2. The summed E-state index contributed by atoms with van der Waals surface area (Å²) in [5.41, 5.74) is 13.4. The molecule has 3 heteroatoms. The van der Waals surface area contributed by atoms with Crippen LogP contribution in [0.1, 0.15) is 23.6 Å². The van der Waals surface area contributed by atoms with Crippen LogP contribution in [0, 0.1) is 0 Å². The van der Waals surface area contributed by atoms with Gasteiger partial charge in [0.1, 0.15) is 0 Å². The minimum absolute atomic E-state index is 0.355. The summed E-state index contributed by atoms with van der Waals surface area (Å²) in [6.45, 7) is 2.37. The molecule has 9 aromatic rings. The summed E-state index contributed by atoms with van der Waals surface area (Å²) in [4.78, 5) is 10.6. The van der Waals surface area contributed by atoms with Crippen molar-refractivity contribution in [1.29, 1.82) is 0 Å². The van der Waals surface area contributed by atoms with Crippen molar-refractivity contribution in [2.45, 2.75) is 12.3 Å². The highest BCUT2D eigenvalue weighted by Crippen LogP contribution is 2.55. The van der Waals surface area contributed by atoms with Gasteiger partial charge in [-0.1, -0.05) is 146 Å². The number of aromatic nitrogens is 2. The number of rotatable bonds is 5. The van der Waals surface area contributed by atoms with Crippen LogP contribution >= 0.6 is 11.3 Å². The van der Waals surface area contributed by atoms with Crippen molar-refractivity contribution in [3.63, 3.8) is 0 Å². The summed E-state index contributed by atoms with van der Waals surface area (Å²) in [5, 5.41) is 2.61. The summed E-state index contributed by atoms with van der Waals surface area (Å²) in [5.74, 6) is 0.717. The normalized spacial score (nSPS) is 14.8. The average molecular weight is 669 g/mol. The highest BCUT2D eigenvalue weighted by Gasteiger charge is 2.42. The van der Waals surface area contributed by atoms with E-state index in [1.54, 1.807) is 0 Å². The van der Waals surface area contributed by atoms with E-state index >= 15 is 0 Å². The van der Waals surface area contributed by atoms with Crippen molar-refractivity contribution in [1.82, 2.24) is 9.97 Å². The molecule has 0 aliphatic heterocycles. The Labute approximate surface area is 301 Å². The third kappa shape index (κ3) is 4.77. The van der Waals surface area contributed by atoms with E-state index in [9.17, 15) is 0 Å². The molecule has 1 atom stereocenters. The molecular formula is C48H32N2S. The minimum atomic E-state index is -0.355. The third-order valence-electron chi connectivity index (χ3n) is 10.6. The number of hydrogen-bond donors (Lipinski definition) is 0. The smallest absolute Gasteiger partial charge is 0.160 e. The lowest BCUT2D eigenvalue weighted by Crippen LogP contribution is -2.23. The quantitative estimate of drug-likeness (QED) is 0.182. The van der Waals surface area contributed by atoms with Crippen molar-refractivity contribution < 1.29 is 0 Å². The lowest BCUT2D eigenvalue weighted by atomic mass is 9.72. The second kappa shape index (κ2) is 11.7. The van der Waals surface area contributed by atoms with E-state index in [1.165, 1.54) is 59.1 Å². The SMILES string of the molecule is CC1(c2ccccc2)c2ccccc2-c2cccc(-c3cc(-c4cccc(-c5ccc6sc7ccccc7c6c5)c4)nc(-c4ccccc4)n3)c21. The molecule has 2 nitrogen and oxygen atoms in total. The van der Waals surface area contributed by atoms with Gasteiger partial charge in [0.25, 0.3) is 0 Å². The molecule has 0 bridgehead atoms. The molecule has 0 spiro atoms. The summed E-state index contributed by atoms with van der Waals surface area (Å²) in [7, 11) is 0. The second-order valence-corrected chi connectivity index (χ2v) is 14.6. The Morgan fingerprint density at radius 2 is 1.06 bits per heavy atom. The Kier molecular flexibility index (Phi) is 6.83. The Morgan fingerprint density at radius 3 is 1.94 bits per heavy atom. The van der Waals surface area contributed by atoms with Crippen LogP contribution in [0.2, 0.25) is 0 Å². The predicted octanol–water partition coefficient (Wildman–Crippen LogP) is 12.8. The van der Waals surface area contributed by atoms with E-state index in [-0.39, 0.29) is 5.41 Å². The Hall–Kier alpha value is -6.16. The second-order valence-electron chi connectivity index (χ2n) is 13.5. The fraction of sp³-hybridized carbons (Fsp3) is 0.0417. The van der Waals surface area contributed by atoms with E-state index < -0.39 is 0 Å². The zero-order valence-corrected chi connectivity index (χ0v) is 28.9. The van der Waals surface area contributed by atoms with Crippen molar-refractivity contribution in [2.75, 3.05) is 0 Å². The van der Waals surface area contributed by atoms with E-state index in [2.05, 4.69) is 177 Å². The van der Waals surface area contributed by atoms with Gasteiger partial charge in [-0.15, -0.1) is 11.3 Å². The average Bonchev–Trinajstić information content (AvgIpc) is 3.71.